The van der Waals surface area contributed by atoms with Crippen LogP contribution in [-0.4, -0.2) is 21.8 Å². The molecule has 5 heteroatoms. The van der Waals surface area contributed by atoms with Crippen LogP contribution in [0.4, 0.5) is 0 Å². The zero-order valence-electron chi connectivity index (χ0n) is 14.2. The number of rotatable bonds is 0. The fourth-order valence-electron chi connectivity index (χ4n) is 3.45. The van der Waals surface area contributed by atoms with Gasteiger partial charge in [-0.2, -0.15) is 0 Å². The van der Waals surface area contributed by atoms with Gasteiger partial charge in [-0.05, 0) is 39.0 Å². The maximum absolute atomic E-state index is 11.9. The minimum absolute atomic E-state index is 0.0765. The lowest BCUT2D eigenvalue weighted by Gasteiger charge is -2.37. The summed E-state index contributed by atoms with van der Waals surface area (Å²) < 4.78 is 12.3. The summed E-state index contributed by atoms with van der Waals surface area (Å²) in [4.78, 5) is 14.7. The maximum atomic E-state index is 11.9. The van der Waals surface area contributed by atoms with E-state index in [9.17, 15) is 9.90 Å². The lowest BCUT2D eigenvalue weighted by molar-refractivity contribution is 0.0180. The van der Waals surface area contributed by atoms with Crippen molar-refractivity contribution in [1.82, 2.24) is 4.98 Å². The molecule has 0 unspecified atom stereocenters. The Balaban J connectivity index is 2.13. The van der Waals surface area contributed by atoms with Gasteiger partial charge in [-0.3, -0.25) is 4.79 Å². The van der Waals surface area contributed by atoms with E-state index in [2.05, 4.69) is 4.98 Å². The van der Waals surface area contributed by atoms with Crippen molar-refractivity contribution >= 4 is 17.0 Å². The Kier molecular flexibility index (Phi) is 3.09. The number of nitrogens with one attached hydrogen (secondary N) is 1. The summed E-state index contributed by atoms with van der Waals surface area (Å²) in [5.74, 6) is 1.21. The molecule has 0 saturated heterocycles. The number of hydrogen-bond acceptors (Lipinski definition) is 4. The van der Waals surface area contributed by atoms with Gasteiger partial charge in [0.1, 0.15) is 23.2 Å². The maximum Gasteiger partial charge on any atom is 0.248 e. The SMILES string of the molecule is C[C@H]1[C@@H](C)Oc2c3c(c4ccc(=O)[nH]c4c2[C@@H]1O)OC(C)(C)C=C3. The summed E-state index contributed by atoms with van der Waals surface area (Å²) >= 11 is 0. The van der Waals surface area contributed by atoms with Gasteiger partial charge in [-0.1, -0.05) is 6.92 Å². The first kappa shape index (κ1) is 15.3. The van der Waals surface area contributed by atoms with Crippen LogP contribution in [0, 0.1) is 5.92 Å². The molecule has 126 valence electrons. The molecular formula is C19H21NO4. The van der Waals surface area contributed by atoms with Gasteiger partial charge in [-0.25, -0.2) is 0 Å². The highest BCUT2D eigenvalue weighted by Gasteiger charge is 2.38. The van der Waals surface area contributed by atoms with Crippen LogP contribution in [0.25, 0.3) is 17.0 Å². The average molecular weight is 327 g/mol. The third kappa shape index (κ3) is 2.08. The van der Waals surface area contributed by atoms with E-state index in [0.29, 0.717) is 22.6 Å². The fraction of sp³-hybridized carbons (Fsp3) is 0.421. The van der Waals surface area contributed by atoms with Crippen molar-refractivity contribution in [3.8, 4) is 11.5 Å². The molecule has 2 N–H and O–H groups in total. The molecule has 0 saturated carbocycles. The minimum atomic E-state index is -0.710. The molecule has 2 aliphatic rings. The van der Waals surface area contributed by atoms with E-state index < -0.39 is 11.7 Å². The number of aliphatic hydroxyl groups is 1. The highest BCUT2D eigenvalue weighted by molar-refractivity contribution is 5.96. The molecule has 2 aromatic rings. The molecule has 0 aliphatic carbocycles. The number of aromatic nitrogens is 1. The summed E-state index contributed by atoms with van der Waals surface area (Å²) in [6, 6.07) is 3.23. The number of ether oxygens (including phenoxy) is 2. The second-order valence-electron chi connectivity index (χ2n) is 7.26. The van der Waals surface area contributed by atoms with Gasteiger partial charge >= 0.3 is 0 Å². The van der Waals surface area contributed by atoms with Crippen molar-refractivity contribution in [2.24, 2.45) is 5.92 Å². The molecule has 3 atom stereocenters. The highest BCUT2D eigenvalue weighted by atomic mass is 16.5. The van der Waals surface area contributed by atoms with E-state index in [0.717, 1.165) is 10.9 Å². The third-order valence-electron chi connectivity index (χ3n) is 5.02. The van der Waals surface area contributed by atoms with Crippen LogP contribution in [0.2, 0.25) is 0 Å². The first-order chi connectivity index (χ1) is 11.3. The zero-order chi connectivity index (χ0) is 17.2. The number of fused-ring (bicyclic) bond motifs is 6. The molecule has 1 aromatic heterocycles. The predicted molar refractivity (Wildman–Crippen MR) is 92.5 cm³/mol. The molecule has 3 heterocycles. The Labute approximate surface area is 139 Å². The molecule has 0 amide bonds. The van der Waals surface area contributed by atoms with E-state index in [-0.39, 0.29) is 17.6 Å². The van der Waals surface area contributed by atoms with Gasteiger partial charge < -0.3 is 19.6 Å². The number of aromatic amines is 1. The molecular weight excluding hydrogens is 306 g/mol. The molecule has 0 spiro atoms. The summed E-state index contributed by atoms with van der Waals surface area (Å²) in [6.45, 7) is 7.84. The summed E-state index contributed by atoms with van der Waals surface area (Å²) in [5, 5.41) is 11.6. The van der Waals surface area contributed by atoms with E-state index in [1.165, 1.54) is 6.07 Å². The van der Waals surface area contributed by atoms with Crippen LogP contribution in [-0.2, 0) is 0 Å². The Morgan fingerprint density at radius 3 is 2.71 bits per heavy atom. The van der Waals surface area contributed by atoms with Crippen LogP contribution in [0.5, 0.6) is 11.5 Å². The van der Waals surface area contributed by atoms with Gasteiger partial charge in [0.05, 0.1) is 17.2 Å². The van der Waals surface area contributed by atoms with E-state index in [4.69, 9.17) is 9.47 Å². The number of pyridine rings is 1. The largest absolute Gasteiger partial charge is 0.489 e. The lowest BCUT2D eigenvalue weighted by atomic mass is 9.85. The first-order valence-corrected chi connectivity index (χ1v) is 8.24. The quantitative estimate of drug-likeness (QED) is 0.780. The standard InChI is InChI=1S/C19H21NO4/c1-9-10(2)23-18-12-7-8-19(3,4)24-17(12)11-5-6-13(21)20-15(11)14(18)16(9)22/h5-10,16,22H,1-4H3,(H,20,21)/t9-,10+,16+/m0/s1. The third-order valence-corrected chi connectivity index (χ3v) is 5.02. The number of benzene rings is 1. The topological polar surface area (TPSA) is 71.6 Å². The van der Waals surface area contributed by atoms with Crippen molar-refractivity contribution in [2.75, 3.05) is 0 Å². The van der Waals surface area contributed by atoms with Crippen LogP contribution >= 0.6 is 0 Å². The monoisotopic (exact) mass is 327 g/mol. The van der Waals surface area contributed by atoms with Crippen molar-refractivity contribution in [2.45, 2.75) is 45.5 Å². The molecule has 1 aromatic carbocycles. The Bertz CT molecular complexity index is 925. The number of aliphatic hydroxyl groups excluding tert-OH is 1. The van der Waals surface area contributed by atoms with Crippen molar-refractivity contribution in [1.29, 1.82) is 0 Å². The van der Waals surface area contributed by atoms with Gasteiger partial charge in [0, 0.05) is 22.9 Å². The van der Waals surface area contributed by atoms with E-state index in [1.54, 1.807) is 6.07 Å². The molecule has 4 rings (SSSR count). The number of hydrogen-bond donors (Lipinski definition) is 2. The number of H-pyrrole nitrogens is 1. The summed E-state index contributed by atoms with van der Waals surface area (Å²) in [5.41, 5.74) is 1.39. The Morgan fingerprint density at radius 1 is 1.21 bits per heavy atom. The van der Waals surface area contributed by atoms with Crippen LogP contribution in [0.15, 0.2) is 23.0 Å². The van der Waals surface area contributed by atoms with Gasteiger partial charge in [0.25, 0.3) is 0 Å². The molecule has 0 bridgehead atoms. The molecule has 0 radical (unpaired) electrons. The van der Waals surface area contributed by atoms with Crippen LogP contribution in [0.1, 0.15) is 44.9 Å². The van der Waals surface area contributed by atoms with Crippen molar-refractivity contribution in [3.63, 3.8) is 0 Å². The molecule has 5 nitrogen and oxygen atoms in total. The molecule has 2 aliphatic heterocycles. The smallest absolute Gasteiger partial charge is 0.248 e. The van der Waals surface area contributed by atoms with E-state index in [1.807, 2.05) is 39.8 Å². The highest BCUT2D eigenvalue weighted by Crippen LogP contribution is 2.50. The first-order valence-electron chi connectivity index (χ1n) is 8.24. The second-order valence-corrected chi connectivity index (χ2v) is 7.26. The van der Waals surface area contributed by atoms with Gasteiger partial charge in [-0.15, -0.1) is 0 Å². The second kappa shape index (κ2) is 4.86. The average Bonchev–Trinajstić information content (AvgIpc) is 2.51. The zero-order valence-corrected chi connectivity index (χ0v) is 14.2. The summed E-state index contributed by atoms with van der Waals surface area (Å²) in [6.07, 6.45) is 3.12. The van der Waals surface area contributed by atoms with Crippen molar-refractivity contribution < 1.29 is 14.6 Å². The Hall–Kier alpha value is -2.27. The lowest BCUT2D eigenvalue weighted by Crippen LogP contribution is -2.34. The minimum Gasteiger partial charge on any atom is -0.489 e. The van der Waals surface area contributed by atoms with Crippen molar-refractivity contribution in [3.05, 3.63) is 39.7 Å². The van der Waals surface area contributed by atoms with Gasteiger partial charge in [0.2, 0.25) is 5.56 Å². The van der Waals surface area contributed by atoms with E-state index >= 15 is 0 Å². The summed E-state index contributed by atoms with van der Waals surface area (Å²) in [7, 11) is 0. The molecule has 0 fully saturated rings. The van der Waals surface area contributed by atoms with Gasteiger partial charge in [0.15, 0.2) is 0 Å². The normalized spacial score (nSPS) is 27.1. The predicted octanol–water partition coefficient (Wildman–Crippen LogP) is 3.16. The fourth-order valence-corrected chi connectivity index (χ4v) is 3.45. The van der Waals surface area contributed by atoms with Crippen LogP contribution < -0.4 is 15.0 Å². The Morgan fingerprint density at radius 2 is 1.96 bits per heavy atom. The van der Waals surface area contributed by atoms with Crippen LogP contribution in [0.3, 0.4) is 0 Å². The molecule has 24 heavy (non-hydrogen) atoms.